The number of hydrogen-bond acceptors (Lipinski definition) is 8. The zero-order chi connectivity index (χ0) is 21.3. The minimum Gasteiger partial charge on any atom is -0.493 e. The summed E-state index contributed by atoms with van der Waals surface area (Å²) in [5, 5.41) is 20.5. The van der Waals surface area contributed by atoms with Gasteiger partial charge in [-0.2, -0.15) is 10.5 Å². The third kappa shape index (κ3) is 2.53. The molecule has 0 saturated heterocycles. The monoisotopic (exact) mass is 398 g/mol. The average Bonchev–Trinajstić information content (AvgIpc) is 3.33. The fourth-order valence-electron chi connectivity index (χ4n) is 4.37. The van der Waals surface area contributed by atoms with Crippen LogP contribution in [0, 0.1) is 33.5 Å². The average molecular weight is 398 g/mol. The predicted octanol–water partition coefficient (Wildman–Crippen LogP) is 2.70. The van der Waals surface area contributed by atoms with Gasteiger partial charge in [-0.3, -0.25) is 0 Å². The summed E-state index contributed by atoms with van der Waals surface area (Å²) in [6, 6.07) is 9.90. The van der Waals surface area contributed by atoms with E-state index in [1.54, 1.807) is 25.3 Å². The lowest BCUT2D eigenvalue weighted by Crippen LogP contribution is -2.44. The number of hydrogen-bond donors (Lipinski definition) is 1. The normalized spacial score (nSPS) is 28.6. The van der Waals surface area contributed by atoms with Crippen molar-refractivity contribution in [2.45, 2.75) is 38.5 Å². The Hall–Kier alpha value is -2.81. The minimum absolute atomic E-state index is 0.0635. The van der Waals surface area contributed by atoms with Gasteiger partial charge in [-0.05, 0) is 30.5 Å². The Morgan fingerprint density at radius 2 is 1.66 bits per heavy atom. The summed E-state index contributed by atoms with van der Waals surface area (Å²) >= 11 is 0. The van der Waals surface area contributed by atoms with Gasteiger partial charge in [-0.1, -0.05) is 19.9 Å². The van der Waals surface area contributed by atoms with E-state index < -0.39 is 22.7 Å². The molecular weight excluding hydrogens is 372 g/mol. The SMILES string of the molecule is CCCOC1(OCCC)N=C(N)[C@]2(C#N)[C@@H](c3ccc(OC)c(OC)c3)[C@]12C#N. The maximum atomic E-state index is 10.3. The highest BCUT2D eigenvalue weighted by atomic mass is 16.7. The highest BCUT2D eigenvalue weighted by Crippen LogP contribution is 2.82. The zero-order valence-electron chi connectivity index (χ0n) is 17.2. The molecule has 8 nitrogen and oxygen atoms in total. The largest absolute Gasteiger partial charge is 0.493 e. The molecule has 29 heavy (non-hydrogen) atoms. The molecule has 0 radical (unpaired) electrons. The Bertz CT molecular complexity index is 895. The van der Waals surface area contributed by atoms with Crippen molar-refractivity contribution in [1.82, 2.24) is 0 Å². The van der Waals surface area contributed by atoms with E-state index in [2.05, 4.69) is 17.1 Å². The van der Waals surface area contributed by atoms with Crippen LogP contribution in [-0.2, 0) is 9.47 Å². The lowest BCUT2D eigenvalue weighted by molar-refractivity contribution is -0.259. The van der Waals surface area contributed by atoms with Gasteiger partial charge in [0, 0.05) is 5.92 Å². The number of aliphatic imine (C=N–C) groups is 1. The second-order valence-corrected chi connectivity index (χ2v) is 7.16. The highest BCUT2D eigenvalue weighted by molar-refractivity contribution is 6.00. The fourth-order valence-corrected chi connectivity index (χ4v) is 4.37. The molecule has 0 amide bonds. The standard InChI is InChI=1S/C21H26N4O4/c1-5-9-28-21(29-10-6-2)20(13-23)17(19(20,12-22)18(24)25-21)14-7-8-15(26-3)16(11-14)27-4/h7-8,11,17H,5-6,9-10H2,1-4H3,(H2,24,25)/t17-,19+,20+/m1/s1. The summed E-state index contributed by atoms with van der Waals surface area (Å²) < 4.78 is 22.8. The predicted molar refractivity (Wildman–Crippen MR) is 105 cm³/mol. The summed E-state index contributed by atoms with van der Waals surface area (Å²) in [6.45, 7) is 4.55. The molecule has 3 atom stereocenters. The molecule has 3 rings (SSSR count). The number of benzene rings is 1. The van der Waals surface area contributed by atoms with Crippen LogP contribution >= 0.6 is 0 Å². The van der Waals surface area contributed by atoms with Gasteiger partial charge in [0.2, 0.25) is 0 Å². The van der Waals surface area contributed by atoms with Crippen LogP contribution in [0.15, 0.2) is 23.2 Å². The quantitative estimate of drug-likeness (QED) is 0.634. The first-order valence-electron chi connectivity index (χ1n) is 9.66. The van der Waals surface area contributed by atoms with E-state index in [1.807, 2.05) is 13.8 Å². The lowest BCUT2D eigenvalue weighted by Gasteiger charge is -2.32. The van der Waals surface area contributed by atoms with Crippen molar-refractivity contribution in [3.63, 3.8) is 0 Å². The molecule has 0 spiro atoms. The van der Waals surface area contributed by atoms with Crippen molar-refractivity contribution in [2.75, 3.05) is 27.4 Å². The first kappa shape index (κ1) is 20.9. The Morgan fingerprint density at radius 3 is 2.14 bits per heavy atom. The van der Waals surface area contributed by atoms with Gasteiger partial charge in [0.05, 0.1) is 39.6 Å². The van der Waals surface area contributed by atoms with E-state index in [-0.39, 0.29) is 5.84 Å². The van der Waals surface area contributed by atoms with Crippen LogP contribution in [0.2, 0.25) is 0 Å². The number of ether oxygens (including phenoxy) is 4. The van der Waals surface area contributed by atoms with Crippen molar-refractivity contribution in [2.24, 2.45) is 21.6 Å². The maximum Gasteiger partial charge on any atom is 0.293 e. The fraction of sp³-hybridized carbons (Fsp3) is 0.571. The molecule has 1 aliphatic heterocycles. The lowest BCUT2D eigenvalue weighted by atomic mass is 9.93. The second kappa shape index (κ2) is 7.55. The van der Waals surface area contributed by atoms with Crippen molar-refractivity contribution in [3.05, 3.63) is 23.8 Å². The Kier molecular flexibility index (Phi) is 5.44. The van der Waals surface area contributed by atoms with E-state index in [0.29, 0.717) is 43.1 Å². The van der Waals surface area contributed by atoms with Gasteiger partial charge < -0.3 is 24.7 Å². The zero-order valence-corrected chi connectivity index (χ0v) is 17.2. The number of fused-ring (bicyclic) bond motifs is 1. The Labute approximate surface area is 170 Å². The van der Waals surface area contributed by atoms with E-state index in [4.69, 9.17) is 24.7 Å². The first-order valence-corrected chi connectivity index (χ1v) is 9.66. The van der Waals surface area contributed by atoms with E-state index in [1.165, 1.54) is 7.11 Å². The van der Waals surface area contributed by atoms with E-state index >= 15 is 0 Å². The molecule has 1 heterocycles. The first-order chi connectivity index (χ1) is 14.0. The highest BCUT2D eigenvalue weighted by Gasteiger charge is 2.93. The topological polar surface area (TPSA) is 123 Å². The van der Waals surface area contributed by atoms with Gasteiger partial charge in [-0.25, -0.2) is 4.99 Å². The van der Waals surface area contributed by atoms with E-state index in [0.717, 1.165) is 0 Å². The molecule has 2 N–H and O–H groups in total. The molecule has 1 aliphatic carbocycles. The molecule has 0 bridgehead atoms. The summed E-state index contributed by atoms with van der Waals surface area (Å²) in [4.78, 5) is 4.41. The third-order valence-corrected chi connectivity index (χ3v) is 5.67. The molecule has 1 aromatic carbocycles. The van der Waals surface area contributed by atoms with Crippen LogP contribution in [0.3, 0.4) is 0 Å². The number of amidine groups is 1. The van der Waals surface area contributed by atoms with Crippen molar-refractivity contribution in [3.8, 4) is 23.6 Å². The van der Waals surface area contributed by atoms with Gasteiger partial charge in [0.25, 0.3) is 5.91 Å². The molecule has 1 saturated carbocycles. The molecule has 154 valence electrons. The van der Waals surface area contributed by atoms with Crippen molar-refractivity contribution >= 4 is 5.84 Å². The summed E-state index contributed by atoms with van der Waals surface area (Å²) in [5.74, 6) is -1.08. The minimum atomic E-state index is -1.62. The van der Waals surface area contributed by atoms with Crippen LogP contribution in [0.5, 0.6) is 11.5 Å². The second-order valence-electron chi connectivity index (χ2n) is 7.16. The van der Waals surface area contributed by atoms with Crippen LogP contribution in [0.4, 0.5) is 0 Å². The number of nitriles is 2. The van der Waals surface area contributed by atoms with Crippen molar-refractivity contribution < 1.29 is 18.9 Å². The molecular formula is C21H26N4O4. The Balaban J connectivity index is 2.17. The molecule has 1 fully saturated rings. The summed E-state index contributed by atoms with van der Waals surface area (Å²) in [6.07, 6.45) is 1.41. The molecule has 2 aliphatic rings. The number of nitrogens with two attached hydrogens (primary N) is 1. The van der Waals surface area contributed by atoms with Crippen LogP contribution in [0.25, 0.3) is 0 Å². The Morgan fingerprint density at radius 1 is 1.03 bits per heavy atom. The molecule has 1 aromatic rings. The number of methoxy groups -OCH3 is 2. The number of rotatable bonds is 9. The van der Waals surface area contributed by atoms with Crippen LogP contribution in [0.1, 0.15) is 38.2 Å². The van der Waals surface area contributed by atoms with Crippen LogP contribution < -0.4 is 15.2 Å². The molecule has 0 unspecified atom stereocenters. The van der Waals surface area contributed by atoms with Crippen LogP contribution in [-0.4, -0.2) is 39.2 Å². The van der Waals surface area contributed by atoms with Gasteiger partial charge >= 0.3 is 0 Å². The van der Waals surface area contributed by atoms with E-state index in [9.17, 15) is 10.5 Å². The maximum absolute atomic E-state index is 10.3. The van der Waals surface area contributed by atoms with Gasteiger partial charge in [0.1, 0.15) is 11.3 Å². The number of nitrogens with zero attached hydrogens (tertiary/aromatic N) is 3. The smallest absolute Gasteiger partial charge is 0.293 e. The molecule has 8 heteroatoms. The summed E-state index contributed by atoms with van der Waals surface area (Å²) in [5.41, 5.74) is 4.26. The molecule has 0 aromatic heterocycles. The van der Waals surface area contributed by atoms with Gasteiger partial charge in [0.15, 0.2) is 16.9 Å². The third-order valence-electron chi connectivity index (χ3n) is 5.67. The summed E-state index contributed by atoms with van der Waals surface area (Å²) in [7, 11) is 3.08. The van der Waals surface area contributed by atoms with Crippen molar-refractivity contribution in [1.29, 1.82) is 10.5 Å². The van der Waals surface area contributed by atoms with Gasteiger partial charge in [-0.15, -0.1) is 0 Å².